The van der Waals surface area contributed by atoms with Crippen molar-refractivity contribution in [3.05, 3.63) is 82.2 Å². The van der Waals surface area contributed by atoms with Crippen LogP contribution in [0.5, 0.6) is 0 Å². The van der Waals surface area contributed by atoms with Gasteiger partial charge in [0, 0.05) is 17.8 Å². The maximum absolute atomic E-state index is 12.1. The molecule has 2 aromatic carbocycles. The highest BCUT2D eigenvalue weighted by Crippen LogP contribution is 2.22. The van der Waals surface area contributed by atoms with Crippen LogP contribution < -0.4 is 10.9 Å². The molecule has 1 heterocycles. The predicted octanol–water partition coefficient (Wildman–Crippen LogP) is 4.48. The van der Waals surface area contributed by atoms with E-state index >= 15 is 0 Å². The van der Waals surface area contributed by atoms with Gasteiger partial charge in [0.15, 0.2) is 0 Å². The Morgan fingerprint density at radius 2 is 1.69 bits per heavy atom. The van der Waals surface area contributed by atoms with Gasteiger partial charge in [0.2, 0.25) is 11.5 Å². The molecule has 0 fully saturated rings. The number of anilines is 1. The summed E-state index contributed by atoms with van der Waals surface area (Å²) in [4.78, 5) is 26.3. The van der Waals surface area contributed by atoms with E-state index in [1.54, 1.807) is 18.2 Å². The van der Waals surface area contributed by atoms with Crippen LogP contribution >= 0.6 is 0 Å². The fraction of sp³-hybridized carbons (Fsp3) is 0.182. The van der Waals surface area contributed by atoms with Crippen LogP contribution in [0.25, 0.3) is 17.0 Å². The first kappa shape index (κ1) is 17.7. The van der Waals surface area contributed by atoms with Crippen LogP contribution in [0.1, 0.15) is 31.9 Å². The van der Waals surface area contributed by atoms with Gasteiger partial charge in [-0.05, 0) is 46.2 Å². The van der Waals surface area contributed by atoms with Crippen molar-refractivity contribution in [2.45, 2.75) is 26.2 Å². The minimum absolute atomic E-state index is 0.108. The number of fused-ring (bicyclic) bond motifs is 1. The van der Waals surface area contributed by atoms with Gasteiger partial charge in [0.1, 0.15) is 0 Å². The molecule has 0 saturated carbocycles. The lowest BCUT2D eigenvalue weighted by molar-refractivity contribution is -0.111. The molecule has 0 aliphatic rings. The van der Waals surface area contributed by atoms with E-state index in [0.29, 0.717) is 11.2 Å². The van der Waals surface area contributed by atoms with Crippen molar-refractivity contribution < 1.29 is 4.79 Å². The smallest absolute Gasteiger partial charge is 0.248 e. The fourth-order valence-electron chi connectivity index (χ4n) is 2.68. The number of hydrogen-bond donors (Lipinski definition) is 2. The van der Waals surface area contributed by atoms with E-state index in [2.05, 4.69) is 43.2 Å². The van der Waals surface area contributed by atoms with Crippen LogP contribution in [-0.2, 0) is 10.2 Å². The molecule has 0 bridgehead atoms. The van der Waals surface area contributed by atoms with Crippen LogP contribution in [0.4, 0.5) is 5.69 Å². The minimum atomic E-state index is -0.220. The lowest BCUT2D eigenvalue weighted by Crippen LogP contribution is -2.10. The second-order valence-electron chi connectivity index (χ2n) is 7.32. The Labute approximate surface area is 152 Å². The van der Waals surface area contributed by atoms with E-state index in [1.165, 1.54) is 17.7 Å². The normalized spacial score (nSPS) is 11.8. The molecule has 0 aliphatic heterocycles. The lowest BCUT2D eigenvalue weighted by atomic mass is 9.87. The molecule has 3 aromatic rings. The molecule has 0 aliphatic carbocycles. The van der Waals surface area contributed by atoms with Crippen molar-refractivity contribution in [2.75, 3.05) is 5.32 Å². The maximum Gasteiger partial charge on any atom is 0.248 e. The average molecular weight is 346 g/mol. The van der Waals surface area contributed by atoms with Crippen molar-refractivity contribution in [3.63, 3.8) is 0 Å². The largest absolute Gasteiger partial charge is 0.322 e. The van der Waals surface area contributed by atoms with E-state index in [-0.39, 0.29) is 16.9 Å². The summed E-state index contributed by atoms with van der Waals surface area (Å²) in [6, 6.07) is 16.8. The zero-order valence-electron chi connectivity index (χ0n) is 15.2. The van der Waals surface area contributed by atoms with E-state index in [9.17, 15) is 9.59 Å². The highest BCUT2D eigenvalue weighted by Gasteiger charge is 2.12. The zero-order valence-corrected chi connectivity index (χ0v) is 15.2. The van der Waals surface area contributed by atoms with E-state index < -0.39 is 0 Å². The Kier molecular flexibility index (Phi) is 4.76. The standard InChI is InChI=1S/C22H22N2O2/c1-22(2,3)17-9-4-15(5-10-17)6-12-20(25)23-18-11-7-16-8-13-21(26)24-19(16)14-18/h4-14H,1-3H3,(H,23,25)(H,24,26)/b12-6+. The molecule has 26 heavy (non-hydrogen) atoms. The summed E-state index contributed by atoms with van der Waals surface area (Å²) < 4.78 is 0. The number of benzene rings is 2. The molecule has 2 N–H and O–H groups in total. The maximum atomic E-state index is 12.1. The topological polar surface area (TPSA) is 62.0 Å². The molecule has 4 nitrogen and oxygen atoms in total. The predicted molar refractivity (Wildman–Crippen MR) is 107 cm³/mol. The SMILES string of the molecule is CC(C)(C)c1ccc(/C=C/C(=O)Nc2ccc3ccc(=O)[nH]c3c2)cc1. The highest BCUT2D eigenvalue weighted by molar-refractivity contribution is 6.02. The monoisotopic (exact) mass is 346 g/mol. The number of hydrogen-bond acceptors (Lipinski definition) is 2. The number of pyridine rings is 1. The lowest BCUT2D eigenvalue weighted by Gasteiger charge is -2.18. The summed E-state index contributed by atoms with van der Waals surface area (Å²) in [6.45, 7) is 6.51. The zero-order chi connectivity index (χ0) is 18.7. The van der Waals surface area contributed by atoms with E-state index in [4.69, 9.17) is 0 Å². The van der Waals surface area contributed by atoms with Gasteiger partial charge in [0.05, 0.1) is 5.52 Å². The quantitative estimate of drug-likeness (QED) is 0.687. The third-order valence-corrected chi connectivity index (χ3v) is 4.20. The van der Waals surface area contributed by atoms with Gasteiger partial charge in [-0.1, -0.05) is 51.1 Å². The molecule has 0 spiro atoms. The third kappa shape index (κ3) is 4.28. The van der Waals surface area contributed by atoms with Crippen molar-refractivity contribution in [3.8, 4) is 0 Å². The summed E-state index contributed by atoms with van der Waals surface area (Å²) in [5, 5.41) is 3.73. The van der Waals surface area contributed by atoms with Crippen LogP contribution in [-0.4, -0.2) is 10.9 Å². The van der Waals surface area contributed by atoms with E-state index in [0.717, 1.165) is 10.9 Å². The molecule has 1 aromatic heterocycles. The van der Waals surface area contributed by atoms with Gasteiger partial charge >= 0.3 is 0 Å². The summed E-state index contributed by atoms with van der Waals surface area (Å²) in [5.41, 5.74) is 3.49. The number of aromatic amines is 1. The van der Waals surface area contributed by atoms with Crippen molar-refractivity contribution >= 4 is 28.6 Å². The van der Waals surface area contributed by atoms with Crippen LogP contribution in [0.3, 0.4) is 0 Å². The molecule has 0 saturated heterocycles. The summed E-state index contributed by atoms with van der Waals surface area (Å²) in [7, 11) is 0. The molecule has 4 heteroatoms. The third-order valence-electron chi connectivity index (χ3n) is 4.20. The highest BCUT2D eigenvalue weighted by atomic mass is 16.1. The van der Waals surface area contributed by atoms with Crippen molar-refractivity contribution in [1.82, 2.24) is 4.98 Å². The molecule has 0 atom stereocenters. The second-order valence-corrected chi connectivity index (χ2v) is 7.32. The Hall–Kier alpha value is -3.14. The Balaban J connectivity index is 1.70. The Bertz CT molecular complexity index is 1020. The van der Waals surface area contributed by atoms with Gasteiger partial charge < -0.3 is 10.3 Å². The van der Waals surface area contributed by atoms with Gasteiger partial charge in [0.25, 0.3) is 0 Å². The fourth-order valence-corrected chi connectivity index (χ4v) is 2.68. The van der Waals surface area contributed by atoms with Crippen LogP contribution in [0.15, 0.2) is 65.5 Å². The molecular weight excluding hydrogens is 324 g/mol. The summed E-state index contributed by atoms with van der Waals surface area (Å²) in [5.74, 6) is -0.220. The van der Waals surface area contributed by atoms with Crippen LogP contribution in [0, 0.1) is 0 Å². The van der Waals surface area contributed by atoms with Crippen LogP contribution in [0.2, 0.25) is 0 Å². The number of rotatable bonds is 3. The Morgan fingerprint density at radius 1 is 1.00 bits per heavy atom. The first-order valence-electron chi connectivity index (χ1n) is 8.54. The number of amides is 1. The number of aromatic nitrogens is 1. The number of nitrogens with one attached hydrogen (secondary N) is 2. The molecule has 132 valence electrons. The summed E-state index contributed by atoms with van der Waals surface area (Å²) in [6.07, 6.45) is 3.29. The molecular formula is C22H22N2O2. The van der Waals surface area contributed by atoms with E-state index in [1.807, 2.05) is 24.3 Å². The van der Waals surface area contributed by atoms with Gasteiger partial charge in [-0.25, -0.2) is 0 Å². The van der Waals surface area contributed by atoms with Crippen molar-refractivity contribution in [1.29, 1.82) is 0 Å². The molecule has 3 rings (SSSR count). The van der Waals surface area contributed by atoms with Gasteiger partial charge in [-0.15, -0.1) is 0 Å². The first-order valence-corrected chi connectivity index (χ1v) is 8.54. The van der Waals surface area contributed by atoms with Crippen molar-refractivity contribution in [2.24, 2.45) is 0 Å². The average Bonchev–Trinajstić information content (AvgIpc) is 2.59. The number of H-pyrrole nitrogens is 1. The first-order chi connectivity index (χ1) is 12.3. The molecule has 0 radical (unpaired) electrons. The second kappa shape index (κ2) is 7.00. The molecule has 0 unspecified atom stereocenters. The minimum Gasteiger partial charge on any atom is -0.322 e. The molecule has 1 amide bonds. The number of carbonyl (C=O) groups is 1. The summed E-state index contributed by atoms with van der Waals surface area (Å²) >= 11 is 0. The van der Waals surface area contributed by atoms with Gasteiger partial charge in [-0.3, -0.25) is 9.59 Å². The van der Waals surface area contributed by atoms with Gasteiger partial charge in [-0.2, -0.15) is 0 Å². The Morgan fingerprint density at radius 3 is 2.38 bits per heavy atom. The number of carbonyl (C=O) groups excluding carboxylic acids is 1.